The maximum atomic E-state index is 6.31. The molecule has 0 fully saturated rings. The van der Waals surface area contributed by atoms with Crippen molar-refractivity contribution in [3.8, 4) is 5.75 Å². The Kier molecular flexibility index (Phi) is 4.88. The number of halogens is 3. The molecule has 0 radical (unpaired) electrons. The van der Waals surface area contributed by atoms with E-state index in [0.29, 0.717) is 0 Å². The van der Waals surface area contributed by atoms with Crippen LogP contribution in [0, 0.1) is 0 Å². The third kappa shape index (κ3) is 2.99. The van der Waals surface area contributed by atoms with E-state index in [0.717, 1.165) is 28.9 Å². The van der Waals surface area contributed by atoms with Gasteiger partial charge in [-0.2, -0.15) is 0 Å². The highest BCUT2D eigenvalue weighted by molar-refractivity contribution is 9.12. The molecule has 1 unspecified atom stereocenters. The van der Waals surface area contributed by atoms with Crippen LogP contribution in [0.4, 0.5) is 0 Å². The third-order valence-electron chi connectivity index (χ3n) is 2.56. The molecular formula is C12H10Br3NOS. The minimum atomic E-state index is -0.179. The molecule has 0 aliphatic heterocycles. The Morgan fingerprint density at radius 3 is 2.39 bits per heavy atom. The fraction of sp³-hybridized carbons (Fsp3) is 0.167. The van der Waals surface area contributed by atoms with Gasteiger partial charge in [0.15, 0.2) is 0 Å². The maximum Gasteiger partial charge on any atom is 0.120 e. The van der Waals surface area contributed by atoms with Crippen molar-refractivity contribution in [1.29, 1.82) is 0 Å². The molecule has 0 aliphatic rings. The van der Waals surface area contributed by atoms with Gasteiger partial charge in [0.25, 0.3) is 0 Å². The predicted molar refractivity (Wildman–Crippen MR) is 86.4 cm³/mol. The van der Waals surface area contributed by atoms with Crippen LogP contribution in [0.1, 0.15) is 17.2 Å². The summed E-state index contributed by atoms with van der Waals surface area (Å²) in [5.41, 5.74) is 8.40. The van der Waals surface area contributed by atoms with Crippen LogP contribution in [0.15, 0.2) is 36.3 Å². The highest BCUT2D eigenvalue weighted by Crippen LogP contribution is 2.39. The summed E-state index contributed by atoms with van der Waals surface area (Å²) in [6.45, 7) is 0. The van der Waals surface area contributed by atoms with E-state index in [1.54, 1.807) is 18.4 Å². The van der Waals surface area contributed by atoms with Crippen LogP contribution in [0.5, 0.6) is 5.75 Å². The standard InChI is InChI=1S/C12H10Br3NOS/c1-17-6-2-3-7(9(13)4-6)11(16)8-5-10(14)18-12(8)15/h2-5,11H,16H2,1H3. The molecule has 2 N–H and O–H groups in total. The Balaban J connectivity index is 2.39. The second-order valence-corrected chi connectivity index (χ2v) is 8.25. The lowest BCUT2D eigenvalue weighted by molar-refractivity contribution is 0.414. The number of benzene rings is 1. The molecule has 18 heavy (non-hydrogen) atoms. The van der Waals surface area contributed by atoms with Gasteiger partial charge in [-0.25, -0.2) is 0 Å². The van der Waals surface area contributed by atoms with Gasteiger partial charge in [-0.1, -0.05) is 22.0 Å². The van der Waals surface area contributed by atoms with E-state index in [2.05, 4.69) is 47.8 Å². The lowest BCUT2D eigenvalue weighted by Crippen LogP contribution is -2.12. The van der Waals surface area contributed by atoms with E-state index >= 15 is 0 Å². The summed E-state index contributed by atoms with van der Waals surface area (Å²) in [4.78, 5) is 0. The van der Waals surface area contributed by atoms with Crippen molar-refractivity contribution in [2.45, 2.75) is 6.04 Å². The van der Waals surface area contributed by atoms with Gasteiger partial charge in [-0.05, 0) is 61.2 Å². The molecule has 2 rings (SSSR count). The molecule has 1 heterocycles. The summed E-state index contributed by atoms with van der Waals surface area (Å²) in [5, 5.41) is 0. The molecular weight excluding hydrogens is 446 g/mol. The lowest BCUT2D eigenvalue weighted by Gasteiger charge is -2.14. The Morgan fingerprint density at radius 2 is 1.89 bits per heavy atom. The summed E-state index contributed by atoms with van der Waals surface area (Å²) < 4.78 is 8.23. The van der Waals surface area contributed by atoms with Gasteiger partial charge in [0.05, 0.1) is 20.7 Å². The van der Waals surface area contributed by atoms with Gasteiger partial charge >= 0.3 is 0 Å². The molecule has 6 heteroatoms. The van der Waals surface area contributed by atoms with Gasteiger partial charge < -0.3 is 10.5 Å². The number of thiophene rings is 1. The summed E-state index contributed by atoms with van der Waals surface area (Å²) >= 11 is 12.2. The van der Waals surface area contributed by atoms with Crippen LogP contribution in [0.3, 0.4) is 0 Å². The molecule has 0 bridgehead atoms. The zero-order valence-corrected chi connectivity index (χ0v) is 15.0. The van der Waals surface area contributed by atoms with Crippen molar-refractivity contribution in [2.75, 3.05) is 7.11 Å². The molecule has 0 aliphatic carbocycles. The van der Waals surface area contributed by atoms with E-state index in [4.69, 9.17) is 10.5 Å². The number of methoxy groups -OCH3 is 1. The SMILES string of the molecule is COc1ccc(C(N)c2cc(Br)sc2Br)c(Br)c1. The number of hydrogen-bond donors (Lipinski definition) is 1. The first kappa shape index (κ1) is 14.5. The molecule has 1 atom stereocenters. The average Bonchev–Trinajstić information content (AvgIpc) is 2.67. The maximum absolute atomic E-state index is 6.31. The van der Waals surface area contributed by atoms with Crippen molar-refractivity contribution >= 4 is 59.1 Å². The molecule has 2 aromatic rings. The van der Waals surface area contributed by atoms with Crippen molar-refractivity contribution in [1.82, 2.24) is 0 Å². The van der Waals surface area contributed by atoms with Crippen molar-refractivity contribution < 1.29 is 4.74 Å². The number of nitrogens with two attached hydrogens (primary N) is 1. The van der Waals surface area contributed by atoms with Crippen LogP contribution in [-0.2, 0) is 0 Å². The monoisotopic (exact) mass is 453 g/mol. The van der Waals surface area contributed by atoms with Crippen LogP contribution in [0.25, 0.3) is 0 Å². The van der Waals surface area contributed by atoms with E-state index in [1.807, 2.05) is 24.3 Å². The summed E-state index contributed by atoms with van der Waals surface area (Å²) in [7, 11) is 1.65. The summed E-state index contributed by atoms with van der Waals surface area (Å²) in [6, 6.07) is 7.67. The van der Waals surface area contributed by atoms with Crippen molar-refractivity contribution in [3.63, 3.8) is 0 Å². The lowest BCUT2D eigenvalue weighted by atomic mass is 10.0. The molecule has 0 spiro atoms. The average molecular weight is 456 g/mol. The summed E-state index contributed by atoms with van der Waals surface area (Å²) in [5.74, 6) is 0.809. The van der Waals surface area contributed by atoms with Crippen LogP contribution < -0.4 is 10.5 Å². The van der Waals surface area contributed by atoms with Gasteiger partial charge in [-0.15, -0.1) is 11.3 Å². The first-order valence-electron chi connectivity index (χ1n) is 5.06. The smallest absolute Gasteiger partial charge is 0.120 e. The Labute approximate surface area is 135 Å². The highest BCUT2D eigenvalue weighted by atomic mass is 79.9. The molecule has 96 valence electrons. The molecule has 1 aromatic heterocycles. The third-order valence-corrected chi connectivity index (χ3v) is 5.63. The van der Waals surface area contributed by atoms with E-state index in [-0.39, 0.29) is 6.04 Å². The second kappa shape index (κ2) is 6.05. The van der Waals surface area contributed by atoms with Gasteiger partial charge in [0.1, 0.15) is 5.75 Å². The molecule has 0 amide bonds. The van der Waals surface area contributed by atoms with Gasteiger partial charge in [-0.3, -0.25) is 0 Å². The first-order valence-corrected chi connectivity index (χ1v) is 8.26. The normalized spacial score (nSPS) is 12.5. The first-order chi connectivity index (χ1) is 8.52. The van der Waals surface area contributed by atoms with Crippen molar-refractivity contribution in [2.24, 2.45) is 5.73 Å². The number of hydrogen-bond acceptors (Lipinski definition) is 3. The Bertz CT molecular complexity index is 570. The Morgan fingerprint density at radius 1 is 1.17 bits per heavy atom. The van der Waals surface area contributed by atoms with Gasteiger partial charge in [0, 0.05) is 4.47 Å². The predicted octanol–water partition coefficient (Wildman–Crippen LogP) is 5.09. The van der Waals surface area contributed by atoms with Crippen LogP contribution in [-0.4, -0.2) is 7.11 Å². The Hall–Kier alpha value is 0.120. The van der Waals surface area contributed by atoms with E-state index in [1.165, 1.54) is 0 Å². The fourth-order valence-corrected chi connectivity index (χ4v) is 5.15. The molecule has 0 saturated carbocycles. The van der Waals surface area contributed by atoms with Crippen LogP contribution >= 0.6 is 59.1 Å². The molecule has 0 saturated heterocycles. The summed E-state index contributed by atoms with van der Waals surface area (Å²) in [6.07, 6.45) is 0. The molecule has 1 aromatic carbocycles. The highest BCUT2D eigenvalue weighted by Gasteiger charge is 2.17. The second-order valence-electron chi connectivity index (χ2n) is 3.64. The minimum Gasteiger partial charge on any atom is -0.497 e. The van der Waals surface area contributed by atoms with E-state index < -0.39 is 0 Å². The zero-order valence-electron chi connectivity index (χ0n) is 9.41. The zero-order chi connectivity index (χ0) is 13.3. The van der Waals surface area contributed by atoms with Gasteiger partial charge in [0.2, 0.25) is 0 Å². The fourth-order valence-electron chi connectivity index (χ4n) is 1.62. The number of rotatable bonds is 3. The topological polar surface area (TPSA) is 35.2 Å². The van der Waals surface area contributed by atoms with Crippen molar-refractivity contribution in [3.05, 3.63) is 47.4 Å². The minimum absolute atomic E-state index is 0.179. The van der Waals surface area contributed by atoms with E-state index in [9.17, 15) is 0 Å². The quantitative estimate of drug-likeness (QED) is 0.699. The largest absolute Gasteiger partial charge is 0.497 e. The molecule has 2 nitrogen and oxygen atoms in total. The number of ether oxygens (including phenoxy) is 1. The van der Waals surface area contributed by atoms with Crippen LogP contribution in [0.2, 0.25) is 0 Å².